The number of pyridine rings is 1. The van der Waals surface area contributed by atoms with Crippen molar-refractivity contribution < 1.29 is 8.78 Å². The molecular weight excluding hydrogens is 308 g/mol. The first-order valence-corrected chi connectivity index (χ1v) is 8.32. The summed E-state index contributed by atoms with van der Waals surface area (Å²) in [5, 5.41) is 3.40. The smallest absolute Gasteiger partial charge is 0.140 e. The minimum absolute atomic E-state index is 0.0684. The zero-order chi connectivity index (χ0) is 16.5. The highest BCUT2D eigenvalue weighted by Crippen LogP contribution is 2.30. The van der Waals surface area contributed by atoms with Gasteiger partial charge in [-0.2, -0.15) is 0 Å². The standard InChI is InChI=1S/C19H19F2N3/c20-16-6-1-7-17(21)15(16)12-24-9-3-5-13-10-18(23-19(13)24)14-4-2-8-22-11-14/h1,3,5-7,9-10,14,22H,2,4,8,11-12H2. The van der Waals surface area contributed by atoms with Crippen LogP contribution in [0, 0.1) is 11.6 Å². The van der Waals surface area contributed by atoms with E-state index < -0.39 is 11.6 Å². The predicted molar refractivity (Wildman–Crippen MR) is 89.2 cm³/mol. The summed E-state index contributed by atoms with van der Waals surface area (Å²) in [5.41, 5.74) is 2.14. The van der Waals surface area contributed by atoms with Crippen LogP contribution in [0.25, 0.3) is 11.4 Å². The maximum atomic E-state index is 14.0. The Hall–Kier alpha value is -2.27. The van der Waals surface area contributed by atoms with Crippen molar-refractivity contribution >= 4 is 0 Å². The fraction of sp³-hybridized carbons (Fsp3) is 0.316. The Morgan fingerprint density at radius 1 is 1.17 bits per heavy atom. The Balaban J connectivity index is 1.70. The van der Waals surface area contributed by atoms with Gasteiger partial charge in [0, 0.05) is 35.5 Å². The second-order valence-corrected chi connectivity index (χ2v) is 6.34. The molecule has 3 nitrogen and oxygen atoms in total. The largest absolute Gasteiger partial charge is 0.328 e. The van der Waals surface area contributed by atoms with Gasteiger partial charge in [-0.1, -0.05) is 6.07 Å². The van der Waals surface area contributed by atoms with Crippen molar-refractivity contribution in [1.29, 1.82) is 0 Å². The number of benzene rings is 1. The molecule has 1 N–H and O–H groups in total. The van der Waals surface area contributed by atoms with Crippen molar-refractivity contribution in [3.05, 3.63) is 65.5 Å². The number of piperidine rings is 1. The lowest BCUT2D eigenvalue weighted by Gasteiger charge is -2.20. The highest BCUT2D eigenvalue weighted by Gasteiger charge is 2.21. The number of aromatic nitrogens is 2. The second kappa shape index (κ2) is 6.32. The molecule has 1 aromatic rings. The lowest BCUT2D eigenvalue weighted by Crippen LogP contribution is -2.28. The van der Waals surface area contributed by atoms with Crippen LogP contribution >= 0.6 is 0 Å². The predicted octanol–water partition coefficient (Wildman–Crippen LogP) is 3.78. The second-order valence-electron chi connectivity index (χ2n) is 6.34. The fourth-order valence-electron chi connectivity index (χ4n) is 3.41. The van der Waals surface area contributed by atoms with Crippen molar-refractivity contribution in [3.8, 4) is 11.4 Å². The van der Waals surface area contributed by atoms with Crippen LogP contribution in [-0.4, -0.2) is 22.6 Å². The molecular formula is C19H19F2N3. The van der Waals surface area contributed by atoms with E-state index in [1.54, 1.807) is 0 Å². The lowest BCUT2D eigenvalue weighted by molar-refractivity contribution is 0.456. The molecule has 0 radical (unpaired) electrons. The SMILES string of the molecule is Fc1cccc(F)c1Cn1cccc2cc(C3CCCNC3)nc1-2. The molecule has 0 aliphatic carbocycles. The Morgan fingerprint density at radius 2 is 2.00 bits per heavy atom. The van der Waals surface area contributed by atoms with Crippen molar-refractivity contribution in [2.24, 2.45) is 0 Å². The number of fused-ring (bicyclic) bond motifs is 1. The third-order valence-electron chi connectivity index (χ3n) is 4.72. The van der Waals surface area contributed by atoms with E-state index in [1.807, 2.05) is 22.9 Å². The minimum Gasteiger partial charge on any atom is -0.328 e. The fourth-order valence-corrected chi connectivity index (χ4v) is 3.41. The maximum absolute atomic E-state index is 14.0. The van der Waals surface area contributed by atoms with Crippen molar-refractivity contribution in [2.45, 2.75) is 25.3 Å². The van der Waals surface area contributed by atoms with Gasteiger partial charge in [-0.05, 0) is 49.7 Å². The summed E-state index contributed by atoms with van der Waals surface area (Å²) in [5.74, 6) is 0.135. The first-order chi connectivity index (χ1) is 11.7. The van der Waals surface area contributed by atoms with Gasteiger partial charge in [-0.25, -0.2) is 13.8 Å². The molecule has 3 heterocycles. The van der Waals surface area contributed by atoms with Crippen molar-refractivity contribution in [2.75, 3.05) is 13.1 Å². The molecule has 4 rings (SSSR count). The molecule has 24 heavy (non-hydrogen) atoms. The van der Waals surface area contributed by atoms with E-state index in [2.05, 4.69) is 11.4 Å². The molecule has 124 valence electrons. The first kappa shape index (κ1) is 15.3. The number of nitrogens with zero attached hydrogens (tertiary/aromatic N) is 2. The topological polar surface area (TPSA) is 29.9 Å². The summed E-state index contributed by atoms with van der Waals surface area (Å²) in [4.78, 5) is 4.77. The van der Waals surface area contributed by atoms with Gasteiger partial charge < -0.3 is 9.88 Å². The van der Waals surface area contributed by atoms with Gasteiger partial charge in [0.05, 0.1) is 6.54 Å². The van der Waals surface area contributed by atoms with E-state index in [0.717, 1.165) is 43.0 Å². The van der Waals surface area contributed by atoms with Gasteiger partial charge in [0.2, 0.25) is 0 Å². The minimum atomic E-state index is -0.525. The highest BCUT2D eigenvalue weighted by atomic mass is 19.1. The van der Waals surface area contributed by atoms with Gasteiger partial charge in [-0.3, -0.25) is 0 Å². The highest BCUT2D eigenvalue weighted by molar-refractivity contribution is 5.59. The molecule has 1 atom stereocenters. The van der Waals surface area contributed by atoms with Crippen LogP contribution < -0.4 is 5.32 Å². The molecule has 0 aromatic heterocycles. The molecule has 0 amide bonds. The van der Waals surface area contributed by atoms with E-state index in [-0.39, 0.29) is 12.1 Å². The van der Waals surface area contributed by atoms with Gasteiger partial charge in [0.25, 0.3) is 0 Å². The summed E-state index contributed by atoms with van der Waals surface area (Å²) < 4.78 is 29.7. The normalized spacial score (nSPS) is 18.2. The number of hydrogen-bond donors (Lipinski definition) is 1. The molecule has 1 unspecified atom stereocenters. The number of hydrogen-bond acceptors (Lipinski definition) is 2. The first-order valence-electron chi connectivity index (χ1n) is 8.32. The Bertz CT molecular complexity index is 801. The van der Waals surface area contributed by atoms with Gasteiger partial charge in [-0.15, -0.1) is 0 Å². The monoisotopic (exact) mass is 327 g/mol. The summed E-state index contributed by atoms with van der Waals surface area (Å²) in [7, 11) is 0. The van der Waals surface area contributed by atoms with Crippen molar-refractivity contribution in [1.82, 2.24) is 14.9 Å². The quantitative estimate of drug-likeness (QED) is 0.793. The van der Waals surface area contributed by atoms with Crippen LogP contribution in [-0.2, 0) is 6.54 Å². The van der Waals surface area contributed by atoms with Gasteiger partial charge >= 0.3 is 0 Å². The summed E-state index contributed by atoms with van der Waals surface area (Å²) in [6.45, 7) is 2.13. The van der Waals surface area contributed by atoms with E-state index in [4.69, 9.17) is 4.98 Å². The van der Waals surface area contributed by atoms with Gasteiger partial charge in [0.15, 0.2) is 0 Å². The Morgan fingerprint density at radius 3 is 2.75 bits per heavy atom. The number of halogens is 2. The molecule has 1 aromatic carbocycles. The molecule has 1 saturated heterocycles. The van der Waals surface area contributed by atoms with Crippen LogP contribution in [0.5, 0.6) is 0 Å². The van der Waals surface area contributed by atoms with E-state index in [1.165, 1.54) is 18.2 Å². The number of nitrogens with one attached hydrogen (secondary N) is 1. The van der Waals surface area contributed by atoms with E-state index in [0.29, 0.717) is 5.92 Å². The zero-order valence-electron chi connectivity index (χ0n) is 13.3. The summed E-state index contributed by atoms with van der Waals surface area (Å²) >= 11 is 0. The van der Waals surface area contributed by atoms with Crippen molar-refractivity contribution in [3.63, 3.8) is 0 Å². The van der Waals surface area contributed by atoms with Crippen LogP contribution in [0.15, 0.2) is 42.6 Å². The maximum Gasteiger partial charge on any atom is 0.140 e. The Kier molecular flexibility index (Phi) is 4.02. The molecule has 0 saturated carbocycles. The molecule has 5 heteroatoms. The Labute approximate surface area is 139 Å². The molecule has 0 spiro atoms. The molecule has 3 aliphatic rings. The third-order valence-corrected chi connectivity index (χ3v) is 4.72. The van der Waals surface area contributed by atoms with E-state index in [9.17, 15) is 8.78 Å². The summed E-state index contributed by atoms with van der Waals surface area (Å²) in [6.07, 6.45) is 4.09. The average Bonchev–Trinajstić information content (AvgIpc) is 3.04. The third kappa shape index (κ3) is 2.80. The lowest BCUT2D eigenvalue weighted by atomic mass is 9.96. The van der Waals surface area contributed by atoms with E-state index >= 15 is 0 Å². The van der Waals surface area contributed by atoms with Gasteiger partial charge in [0.1, 0.15) is 17.5 Å². The zero-order valence-corrected chi connectivity index (χ0v) is 13.3. The number of rotatable bonds is 3. The van der Waals surface area contributed by atoms with Crippen LogP contribution in [0.3, 0.4) is 0 Å². The van der Waals surface area contributed by atoms with Crippen LogP contribution in [0.4, 0.5) is 8.78 Å². The molecule has 1 fully saturated rings. The average molecular weight is 327 g/mol. The molecule has 3 aliphatic heterocycles. The molecule has 0 bridgehead atoms. The van der Waals surface area contributed by atoms with Crippen LogP contribution in [0.1, 0.15) is 30.0 Å². The van der Waals surface area contributed by atoms with Crippen LogP contribution in [0.2, 0.25) is 0 Å². The summed E-state index contributed by atoms with van der Waals surface area (Å²) in [6, 6.07) is 9.95.